The molecule has 2 aromatic rings. The molecule has 2 atom stereocenters. The highest BCUT2D eigenvalue weighted by Crippen LogP contribution is 2.13. The van der Waals surface area contributed by atoms with Crippen molar-refractivity contribution >= 4 is 29.4 Å². The third kappa shape index (κ3) is 8.59. The van der Waals surface area contributed by atoms with Gasteiger partial charge < -0.3 is 20.5 Å². The lowest BCUT2D eigenvalue weighted by Gasteiger charge is -2.23. The predicted octanol–water partition coefficient (Wildman–Crippen LogP) is 3.57. The fraction of sp³-hybridized carbons (Fsp3) is 0.375. The summed E-state index contributed by atoms with van der Waals surface area (Å²) >= 11 is 5.74. The number of halogens is 1. The third-order valence-corrected chi connectivity index (χ3v) is 5.00. The van der Waals surface area contributed by atoms with E-state index in [0.29, 0.717) is 6.42 Å². The molecular formula is C24H29ClN2O5. The van der Waals surface area contributed by atoms with Crippen LogP contribution in [0.4, 0.5) is 4.79 Å². The first-order valence-corrected chi connectivity index (χ1v) is 11.0. The Morgan fingerprint density at radius 2 is 1.59 bits per heavy atom. The Hall–Kier alpha value is -3.06. The molecule has 0 aromatic heterocycles. The number of phenols is 1. The van der Waals surface area contributed by atoms with Crippen LogP contribution in [-0.4, -0.2) is 40.9 Å². The number of hydrogen-bond acceptors (Lipinski definition) is 5. The van der Waals surface area contributed by atoms with Gasteiger partial charge in [-0.15, -0.1) is 11.6 Å². The van der Waals surface area contributed by atoms with Crippen molar-refractivity contribution in [2.45, 2.75) is 45.4 Å². The van der Waals surface area contributed by atoms with Gasteiger partial charge in [-0.3, -0.25) is 9.59 Å². The van der Waals surface area contributed by atoms with Gasteiger partial charge in [-0.05, 0) is 42.0 Å². The fourth-order valence-electron chi connectivity index (χ4n) is 3.09. The number of alkyl carbamates (subject to hydrolysis) is 1. The van der Waals surface area contributed by atoms with E-state index in [1.807, 2.05) is 44.2 Å². The van der Waals surface area contributed by atoms with Crippen molar-refractivity contribution in [3.05, 3.63) is 65.7 Å². The van der Waals surface area contributed by atoms with Gasteiger partial charge in [0.25, 0.3) is 0 Å². The molecule has 8 heteroatoms. The van der Waals surface area contributed by atoms with E-state index in [1.165, 1.54) is 12.1 Å². The summed E-state index contributed by atoms with van der Waals surface area (Å²) in [5.74, 6) is -0.877. The maximum absolute atomic E-state index is 12.9. The lowest BCUT2D eigenvalue weighted by Crippen LogP contribution is -2.53. The molecule has 172 valence electrons. The highest BCUT2D eigenvalue weighted by atomic mass is 35.5. The standard InChI is InChI=1S/C24H29ClN2O5/c1-16(2)12-21(27-24(31)32-15-18-6-4-3-5-7-18)23(30)26-20(22(29)14-25)13-17-8-10-19(28)11-9-17/h3-11,16,20-21,28H,12-15H2,1-2H3,(H,26,30)(H,27,31). The summed E-state index contributed by atoms with van der Waals surface area (Å²) in [7, 11) is 0. The lowest BCUT2D eigenvalue weighted by molar-refractivity contribution is -0.128. The minimum absolute atomic E-state index is 0.0803. The van der Waals surface area contributed by atoms with E-state index in [4.69, 9.17) is 16.3 Å². The predicted molar refractivity (Wildman–Crippen MR) is 122 cm³/mol. The van der Waals surface area contributed by atoms with Crippen LogP contribution >= 0.6 is 11.6 Å². The number of hydrogen-bond donors (Lipinski definition) is 3. The number of phenolic OH excluding ortho intramolecular Hbond substituents is 1. The molecule has 0 aliphatic heterocycles. The quantitative estimate of drug-likeness (QED) is 0.444. The minimum atomic E-state index is -0.872. The van der Waals surface area contributed by atoms with Crippen molar-refractivity contribution in [3.63, 3.8) is 0 Å². The van der Waals surface area contributed by atoms with E-state index in [2.05, 4.69) is 10.6 Å². The van der Waals surface area contributed by atoms with Crippen LogP contribution in [0.25, 0.3) is 0 Å². The van der Waals surface area contributed by atoms with Crippen molar-refractivity contribution in [1.82, 2.24) is 10.6 Å². The first-order chi connectivity index (χ1) is 15.3. The molecule has 2 unspecified atom stereocenters. The molecule has 0 heterocycles. The number of ketones is 1. The Labute approximate surface area is 193 Å². The highest BCUT2D eigenvalue weighted by Gasteiger charge is 2.27. The van der Waals surface area contributed by atoms with Crippen LogP contribution in [0, 0.1) is 5.92 Å². The zero-order chi connectivity index (χ0) is 23.5. The molecule has 2 aromatic carbocycles. The van der Waals surface area contributed by atoms with Crippen LogP contribution in [0.15, 0.2) is 54.6 Å². The Morgan fingerprint density at radius 3 is 2.19 bits per heavy atom. The van der Waals surface area contributed by atoms with Crippen molar-refractivity contribution in [2.75, 3.05) is 5.88 Å². The number of aromatic hydroxyl groups is 1. The van der Waals surface area contributed by atoms with Crippen molar-refractivity contribution < 1.29 is 24.2 Å². The molecule has 0 spiro atoms. The van der Waals surface area contributed by atoms with Crippen LogP contribution in [0.5, 0.6) is 5.75 Å². The maximum atomic E-state index is 12.9. The monoisotopic (exact) mass is 460 g/mol. The van der Waals surface area contributed by atoms with Gasteiger partial charge in [0.1, 0.15) is 18.4 Å². The number of carbonyl (C=O) groups excluding carboxylic acids is 3. The maximum Gasteiger partial charge on any atom is 0.408 e. The van der Waals surface area contributed by atoms with E-state index in [-0.39, 0.29) is 36.4 Å². The number of amides is 2. The summed E-state index contributed by atoms with van der Waals surface area (Å²) in [5, 5.41) is 14.7. The number of alkyl halides is 1. The Morgan fingerprint density at radius 1 is 0.938 bits per heavy atom. The van der Waals surface area contributed by atoms with Crippen LogP contribution < -0.4 is 10.6 Å². The summed E-state index contributed by atoms with van der Waals surface area (Å²) in [4.78, 5) is 37.6. The van der Waals surface area contributed by atoms with Gasteiger partial charge in [0.05, 0.1) is 11.9 Å². The van der Waals surface area contributed by atoms with E-state index in [1.54, 1.807) is 12.1 Å². The van der Waals surface area contributed by atoms with Crippen LogP contribution in [0.2, 0.25) is 0 Å². The Kier molecular flexibility index (Phi) is 10.0. The van der Waals surface area contributed by atoms with E-state index in [0.717, 1.165) is 11.1 Å². The number of nitrogens with one attached hydrogen (secondary N) is 2. The second kappa shape index (κ2) is 12.7. The zero-order valence-corrected chi connectivity index (χ0v) is 19.0. The fourth-order valence-corrected chi connectivity index (χ4v) is 3.27. The zero-order valence-electron chi connectivity index (χ0n) is 18.2. The molecule has 7 nitrogen and oxygen atoms in total. The van der Waals surface area contributed by atoms with E-state index >= 15 is 0 Å². The van der Waals surface area contributed by atoms with Gasteiger partial charge in [0.2, 0.25) is 5.91 Å². The van der Waals surface area contributed by atoms with Crippen LogP contribution in [0.1, 0.15) is 31.4 Å². The summed E-state index contributed by atoms with van der Waals surface area (Å²) in [6, 6.07) is 13.8. The average Bonchev–Trinajstić information content (AvgIpc) is 2.78. The van der Waals surface area contributed by atoms with Crippen LogP contribution in [0.3, 0.4) is 0 Å². The van der Waals surface area contributed by atoms with Gasteiger partial charge in [-0.1, -0.05) is 56.3 Å². The molecule has 0 saturated carbocycles. The number of Topliss-reactive ketones (excluding diaryl/α,β-unsaturated/α-hetero) is 1. The van der Waals surface area contributed by atoms with Crippen molar-refractivity contribution in [3.8, 4) is 5.75 Å². The molecule has 32 heavy (non-hydrogen) atoms. The van der Waals surface area contributed by atoms with Crippen LogP contribution in [-0.2, 0) is 27.4 Å². The topological polar surface area (TPSA) is 105 Å². The molecule has 3 N–H and O–H groups in total. The lowest BCUT2D eigenvalue weighted by atomic mass is 10.00. The van der Waals surface area contributed by atoms with Gasteiger partial charge in [0, 0.05) is 0 Å². The second-order valence-corrected chi connectivity index (χ2v) is 8.19. The summed E-state index contributed by atoms with van der Waals surface area (Å²) < 4.78 is 5.23. The molecular weight excluding hydrogens is 432 g/mol. The van der Waals surface area contributed by atoms with Gasteiger partial charge >= 0.3 is 6.09 Å². The van der Waals surface area contributed by atoms with E-state index in [9.17, 15) is 19.5 Å². The minimum Gasteiger partial charge on any atom is -0.508 e. The second-order valence-electron chi connectivity index (χ2n) is 7.92. The number of carbonyl (C=O) groups is 3. The highest BCUT2D eigenvalue weighted by molar-refractivity contribution is 6.28. The SMILES string of the molecule is CC(C)CC(NC(=O)OCc1ccccc1)C(=O)NC(Cc1ccc(O)cc1)C(=O)CCl. The molecule has 0 aliphatic rings. The summed E-state index contributed by atoms with van der Waals surface area (Å²) in [6.07, 6.45) is -0.133. The Balaban J connectivity index is 2.03. The molecule has 0 fully saturated rings. The molecule has 2 amide bonds. The Bertz CT molecular complexity index is 887. The average molecular weight is 461 g/mol. The van der Waals surface area contributed by atoms with Gasteiger partial charge in [0.15, 0.2) is 5.78 Å². The summed E-state index contributed by atoms with van der Waals surface area (Å²) in [5.41, 5.74) is 1.58. The van der Waals surface area contributed by atoms with Crippen molar-refractivity contribution in [2.24, 2.45) is 5.92 Å². The molecule has 0 aliphatic carbocycles. The molecule has 0 radical (unpaired) electrons. The normalized spacial score (nSPS) is 12.6. The molecule has 0 saturated heterocycles. The van der Waals surface area contributed by atoms with Crippen molar-refractivity contribution in [1.29, 1.82) is 0 Å². The molecule has 2 rings (SSSR count). The number of ether oxygens (including phenoxy) is 1. The number of rotatable bonds is 11. The largest absolute Gasteiger partial charge is 0.508 e. The first kappa shape index (κ1) is 25.2. The van der Waals surface area contributed by atoms with Gasteiger partial charge in [-0.25, -0.2) is 4.79 Å². The third-order valence-electron chi connectivity index (χ3n) is 4.74. The van der Waals surface area contributed by atoms with E-state index < -0.39 is 24.1 Å². The number of benzene rings is 2. The summed E-state index contributed by atoms with van der Waals surface area (Å²) in [6.45, 7) is 3.93. The molecule has 0 bridgehead atoms. The van der Waals surface area contributed by atoms with Gasteiger partial charge in [-0.2, -0.15) is 0 Å². The smallest absolute Gasteiger partial charge is 0.408 e. The first-order valence-electron chi connectivity index (χ1n) is 10.4.